The standard InChI is InChI=1S/C14H28N2/c1-5-9-15-10-7-14(8-11-15)16(6-2)12-13(3)4/h14H,3,5-12H2,1-2,4H3. The summed E-state index contributed by atoms with van der Waals surface area (Å²) >= 11 is 0. The van der Waals surface area contributed by atoms with E-state index in [9.17, 15) is 0 Å². The zero-order valence-corrected chi connectivity index (χ0v) is 11.3. The maximum absolute atomic E-state index is 4.03. The molecule has 0 atom stereocenters. The summed E-state index contributed by atoms with van der Waals surface area (Å²) in [6.07, 6.45) is 3.95. The third-order valence-electron chi connectivity index (χ3n) is 3.49. The predicted octanol–water partition coefficient (Wildman–Crippen LogP) is 2.76. The number of hydrogen-bond acceptors (Lipinski definition) is 2. The highest BCUT2D eigenvalue weighted by atomic mass is 15.2. The van der Waals surface area contributed by atoms with Crippen LogP contribution in [0.5, 0.6) is 0 Å². The van der Waals surface area contributed by atoms with Gasteiger partial charge in [-0.3, -0.25) is 4.90 Å². The van der Waals surface area contributed by atoms with Crippen molar-refractivity contribution in [2.75, 3.05) is 32.7 Å². The number of piperidine rings is 1. The number of nitrogens with zero attached hydrogens (tertiary/aromatic N) is 2. The molecular weight excluding hydrogens is 196 g/mol. The summed E-state index contributed by atoms with van der Waals surface area (Å²) in [6.45, 7) is 16.8. The minimum absolute atomic E-state index is 0.787. The Balaban J connectivity index is 2.35. The van der Waals surface area contributed by atoms with Crippen molar-refractivity contribution >= 4 is 0 Å². The number of hydrogen-bond donors (Lipinski definition) is 0. The Morgan fingerprint density at radius 3 is 2.38 bits per heavy atom. The van der Waals surface area contributed by atoms with Gasteiger partial charge in [0.1, 0.15) is 0 Å². The first-order valence-corrected chi connectivity index (χ1v) is 6.78. The van der Waals surface area contributed by atoms with Crippen LogP contribution in [-0.2, 0) is 0 Å². The summed E-state index contributed by atoms with van der Waals surface area (Å²) in [5.74, 6) is 0. The van der Waals surface area contributed by atoms with Crippen molar-refractivity contribution < 1.29 is 0 Å². The number of likely N-dealkylation sites (N-methyl/N-ethyl adjacent to an activating group) is 1. The Hall–Kier alpha value is -0.340. The second kappa shape index (κ2) is 7.08. The first-order valence-electron chi connectivity index (χ1n) is 6.78. The summed E-state index contributed by atoms with van der Waals surface area (Å²) in [5.41, 5.74) is 1.29. The Morgan fingerprint density at radius 1 is 1.31 bits per heavy atom. The molecule has 0 N–H and O–H groups in total. The molecule has 2 heteroatoms. The molecule has 1 heterocycles. The van der Waals surface area contributed by atoms with E-state index in [4.69, 9.17) is 0 Å². The van der Waals surface area contributed by atoms with Crippen molar-refractivity contribution in [2.24, 2.45) is 0 Å². The van der Waals surface area contributed by atoms with E-state index in [1.54, 1.807) is 0 Å². The van der Waals surface area contributed by atoms with Gasteiger partial charge in [-0.2, -0.15) is 0 Å². The van der Waals surface area contributed by atoms with Gasteiger partial charge in [0.05, 0.1) is 0 Å². The molecule has 0 aromatic heterocycles. The van der Waals surface area contributed by atoms with Crippen molar-refractivity contribution in [3.8, 4) is 0 Å². The van der Waals surface area contributed by atoms with E-state index in [1.165, 1.54) is 44.5 Å². The van der Waals surface area contributed by atoms with Gasteiger partial charge in [0.25, 0.3) is 0 Å². The Kier molecular flexibility index (Phi) is 6.07. The zero-order valence-electron chi connectivity index (χ0n) is 11.3. The van der Waals surface area contributed by atoms with Crippen molar-refractivity contribution in [1.29, 1.82) is 0 Å². The lowest BCUT2D eigenvalue weighted by Gasteiger charge is -2.38. The second-order valence-electron chi connectivity index (χ2n) is 5.09. The van der Waals surface area contributed by atoms with Gasteiger partial charge >= 0.3 is 0 Å². The van der Waals surface area contributed by atoms with E-state index < -0.39 is 0 Å². The fourth-order valence-electron chi connectivity index (χ4n) is 2.67. The normalized spacial score (nSPS) is 19.2. The molecule has 0 amide bonds. The average molecular weight is 224 g/mol. The number of likely N-dealkylation sites (tertiary alicyclic amines) is 1. The summed E-state index contributed by atoms with van der Waals surface area (Å²) in [4.78, 5) is 5.19. The van der Waals surface area contributed by atoms with Crippen molar-refractivity contribution in [1.82, 2.24) is 9.80 Å². The number of rotatable bonds is 6. The van der Waals surface area contributed by atoms with E-state index in [-0.39, 0.29) is 0 Å². The lowest BCUT2D eigenvalue weighted by atomic mass is 10.0. The van der Waals surface area contributed by atoms with Gasteiger partial charge in [-0.05, 0) is 52.4 Å². The average Bonchev–Trinajstić information content (AvgIpc) is 2.27. The van der Waals surface area contributed by atoms with Crippen molar-refractivity contribution in [3.05, 3.63) is 12.2 Å². The van der Waals surface area contributed by atoms with Crippen molar-refractivity contribution in [3.63, 3.8) is 0 Å². The molecule has 0 radical (unpaired) electrons. The van der Waals surface area contributed by atoms with Crippen LogP contribution in [-0.4, -0.2) is 48.6 Å². The van der Waals surface area contributed by atoms with Crippen molar-refractivity contribution in [2.45, 2.75) is 46.1 Å². The summed E-state index contributed by atoms with van der Waals surface area (Å²) in [5, 5.41) is 0. The van der Waals surface area contributed by atoms with E-state index in [0.29, 0.717) is 0 Å². The molecule has 1 rings (SSSR count). The van der Waals surface area contributed by atoms with Crippen LogP contribution in [0.2, 0.25) is 0 Å². The highest BCUT2D eigenvalue weighted by molar-refractivity contribution is 4.94. The molecule has 94 valence electrons. The minimum atomic E-state index is 0.787. The molecule has 0 unspecified atom stereocenters. The molecule has 0 aliphatic carbocycles. The van der Waals surface area contributed by atoms with E-state index in [2.05, 4.69) is 37.1 Å². The molecule has 0 aromatic rings. The predicted molar refractivity (Wildman–Crippen MR) is 71.8 cm³/mol. The molecule has 0 bridgehead atoms. The van der Waals surface area contributed by atoms with Gasteiger partial charge in [-0.1, -0.05) is 26.0 Å². The largest absolute Gasteiger partial charge is 0.303 e. The third-order valence-corrected chi connectivity index (χ3v) is 3.49. The van der Waals surface area contributed by atoms with Crippen LogP contribution >= 0.6 is 0 Å². The Labute approximate surface area is 101 Å². The highest BCUT2D eigenvalue weighted by Crippen LogP contribution is 2.17. The molecule has 1 fully saturated rings. The molecule has 1 saturated heterocycles. The van der Waals surface area contributed by atoms with Gasteiger partial charge < -0.3 is 4.90 Å². The maximum atomic E-state index is 4.03. The van der Waals surface area contributed by atoms with Crippen LogP contribution in [0.4, 0.5) is 0 Å². The molecule has 16 heavy (non-hydrogen) atoms. The lowest BCUT2D eigenvalue weighted by Crippen LogP contribution is -2.45. The van der Waals surface area contributed by atoms with E-state index >= 15 is 0 Å². The van der Waals surface area contributed by atoms with Crippen LogP contribution in [0.15, 0.2) is 12.2 Å². The van der Waals surface area contributed by atoms with Gasteiger partial charge in [-0.15, -0.1) is 0 Å². The van der Waals surface area contributed by atoms with Crippen LogP contribution in [0, 0.1) is 0 Å². The summed E-state index contributed by atoms with van der Waals surface area (Å²) in [6, 6.07) is 0.787. The first kappa shape index (κ1) is 13.7. The van der Waals surface area contributed by atoms with Crippen LogP contribution in [0.1, 0.15) is 40.0 Å². The molecule has 0 spiro atoms. The minimum Gasteiger partial charge on any atom is -0.303 e. The zero-order chi connectivity index (χ0) is 12.0. The molecule has 0 aromatic carbocycles. The van der Waals surface area contributed by atoms with E-state index in [1.807, 2.05) is 0 Å². The van der Waals surface area contributed by atoms with Crippen LogP contribution in [0.3, 0.4) is 0 Å². The molecule has 2 nitrogen and oxygen atoms in total. The maximum Gasteiger partial charge on any atom is 0.0190 e. The topological polar surface area (TPSA) is 6.48 Å². The molecular formula is C14H28N2. The van der Waals surface area contributed by atoms with Gasteiger partial charge in [0, 0.05) is 12.6 Å². The smallest absolute Gasteiger partial charge is 0.0190 e. The van der Waals surface area contributed by atoms with Gasteiger partial charge in [0.2, 0.25) is 0 Å². The van der Waals surface area contributed by atoms with E-state index in [0.717, 1.165) is 19.1 Å². The Bertz CT molecular complexity index is 205. The quantitative estimate of drug-likeness (QED) is 0.640. The molecule has 0 saturated carbocycles. The fourth-order valence-corrected chi connectivity index (χ4v) is 2.67. The van der Waals surface area contributed by atoms with Crippen LogP contribution in [0.25, 0.3) is 0 Å². The highest BCUT2D eigenvalue weighted by Gasteiger charge is 2.22. The third kappa shape index (κ3) is 4.26. The van der Waals surface area contributed by atoms with Crippen LogP contribution < -0.4 is 0 Å². The summed E-state index contributed by atoms with van der Waals surface area (Å²) in [7, 11) is 0. The van der Waals surface area contributed by atoms with Gasteiger partial charge in [0.15, 0.2) is 0 Å². The Morgan fingerprint density at radius 2 is 1.94 bits per heavy atom. The molecule has 1 aliphatic rings. The monoisotopic (exact) mass is 224 g/mol. The molecule has 1 aliphatic heterocycles. The first-order chi connectivity index (χ1) is 7.67. The lowest BCUT2D eigenvalue weighted by molar-refractivity contribution is 0.119. The van der Waals surface area contributed by atoms with Gasteiger partial charge in [-0.25, -0.2) is 0 Å². The second-order valence-corrected chi connectivity index (χ2v) is 5.09. The SMILES string of the molecule is C=C(C)CN(CC)C1CCN(CCC)CC1. The fraction of sp³-hybridized carbons (Fsp3) is 0.857. The summed E-state index contributed by atoms with van der Waals surface area (Å²) < 4.78 is 0.